The Hall–Kier alpha value is -3.22. The van der Waals surface area contributed by atoms with Gasteiger partial charge >= 0.3 is 0 Å². The molecule has 1 fully saturated rings. The van der Waals surface area contributed by atoms with Gasteiger partial charge in [0.25, 0.3) is 5.91 Å². The van der Waals surface area contributed by atoms with E-state index in [0.717, 1.165) is 18.7 Å². The van der Waals surface area contributed by atoms with Crippen molar-refractivity contribution in [2.24, 2.45) is 0 Å². The number of carbonyl (C=O) groups is 2. The third kappa shape index (κ3) is 5.03. The SMILES string of the molecule is COc1cc(C(=O)NCCC(=O)N2CCN(c3ccccc3)CC2)cc(OC)c1C. The number of hydrogen-bond acceptors (Lipinski definition) is 5. The summed E-state index contributed by atoms with van der Waals surface area (Å²) in [6.07, 6.45) is 0.275. The summed E-state index contributed by atoms with van der Waals surface area (Å²) in [6.45, 7) is 5.16. The smallest absolute Gasteiger partial charge is 0.251 e. The molecule has 2 amide bonds. The van der Waals surface area contributed by atoms with Crippen LogP contribution in [0.4, 0.5) is 5.69 Å². The van der Waals surface area contributed by atoms with E-state index in [9.17, 15) is 9.59 Å². The predicted octanol–water partition coefficient (Wildman–Crippen LogP) is 2.48. The van der Waals surface area contributed by atoms with Gasteiger partial charge in [0.15, 0.2) is 0 Å². The summed E-state index contributed by atoms with van der Waals surface area (Å²) in [5.41, 5.74) is 2.46. The van der Waals surface area contributed by atoms with E-state index in [2.05, 4.69) is 22.3 Å². The molecule has 0 radical (unpaired) electrons. The zero-order chi connectivity index (χ0) is 21.5. The van der Waals surface area contributed by atoms with Crippen LogP contribution in [0.5, 0.6) is 11.5 Å². The molecule has 1 heterocycles. The first-order valence-electron chi connectivity index (χ1n) is 10.1. The van der Waals surface area contributed by atoms with E-state index in [1.807, 2.05) is 30.0 Å². The van der Waals surface area contributed by atoms with Gasteiger partial charge in [-0.05, 0) is 31.2 Å². The Kier molecular flexibility index (Phi) is 7.17. The molecule has 1 saturated heterocycles. The number of rotatable bonds is 7. The molecule has 160 valence electrons. The molecule has 7 heteroatoms. The zero-order valence-electron chi connectivity index (χ0n) is 17.8. The molecule has 0 atom stereocenters. The largest absolute Gasteiger partial charge is 0.496 e. The number of carbonyl (C=O) groups excluding carboxylic acids is 2. The normalized spacial score (nSPS) is 13.7. The number of ether oxygens (including phenoxy) is 2. The molecule has 1 aliphatic heterocycles. The van der Waals surface area contributed by atoms with Gasteiger partial charge in [-0.1, -0.05) is 18.2 Å². The second-order valence-electron chi connectivity index (χ2n) is 7.22. The Morgan fingerprint density at radius 2 is 1.57 bits per heavy atom. The van der Waals surface area contributed by atoms with E-state index in [-0.39, 0.29) is 24.8 Å². The summed E-state index contributed by atoms with van der Waals surface area (Å²) in [5.74, 6) is 0.981. The maximum Gasteiger partial charge on any atom is 0.251 e. The van der Waals surface area contributed by atoms with Crippen LogP contribution in [0.3, 0.4) is 0 Å². The third-order valence-electron chi connectivity index (χ3n) is 5.39. The summed E-state index contributed by atoms with van der Waals surface area (Å²) < 4.78 is 10.6. The van der Waals surface area contributed by atoms with Gasteiger partial charge < -0.3 is 24.6 Å². The second-order valence-corrected chi connectivity index (χ2v) is 7.22. The lowest BCUT2D eigenvalue weighted by Crippen LogP contribution is -2.49. The molecule has 2 aromatic rings. The minimum atomic E-state index is -0.256. The fraction of sp³-hybridized carbons (Fsp3) is 0.391. The van der Waals surface area contributed by atoms with E-state index in [4.69, 9.17) is 9.47 Å². The minimum absolute atomic E-state index is 0.0575. The number of anilines is 1. The molecule has 0 spiro atoms. The molecule has 2 aromatic carbocycles. The lowest BCUT2D eigenvalue weighted by Gasteiger charge is -2.36. The fourth-order valence-corrected chi connectivity index (χ4v) is 3.61. The van der Waals surface area contributed by atoms with E-state index >= 15 is 0 Å². The van der Waals surface area contributed by atoms with Crippen LogP contribution in [0.15, 0.2) is 42.5 Å². The zero-order valence-corrected chi connectivity index (χ0v) is 17.8. The monoisotopic (exact) mass is 411 g/mol. The van der Waals surface area contributed by atoms with Crippen molar-refractivity contribution < 1.29 is 19.1 Å². The number of para-hydroxylation sites is 1. The summed E-state index contributed by atoms with van der Waals surface area (Å²) in [7, 11) is 3.11. The highest BCUT2D eigenvalue weighted by Crippen LogP contribution is 2.29. The van der Waals surface area contributed by atoms with Crippen LogP contribution in [0.25, 0.3) is 0 Å². The van der Waals surface area contributed by atoms with Crippen LogP contribution >= 0.6 is 0 Å². The standard InChI is InChI=1S/C23H29N3O4/c1-17-20(29-2)15-18(16-21(17)30-3)23(28)24-10-9-22(27)26-13-11-25(12-14-26)19-7-5-4-6-8-19/h4-8,15-16H,9-14H2,1-3H3,(H,24,28). The number of nitrogens with zero attached hydrogens (tertiary/aromatic N) is 2. The van der Waals surface area contributed by atoms with Crippen molar-refractivity contribution in [1.29, 1.82) is 0 Å². The van der Waals surface area contributed by atoms with Crippen LogP contribution in [0.2, 0.25) is 0 Å². The highest BCUT2D eigenvalue weighted by atomic mass is 16.5. The summed E-state index contributed by atoms with van der Waals surface area (Å²) in [5, 5.41) is 2.82. The van der Waals surface area contributed by atoms with Gasteiger partial charge in [0.05, 0.1) is 14.2 Å². The molecular weight excluding hydrogens is 382 g/mol. The van der Waals surface area contributed by atoms with Crippen molar-refractivity contribution in [2.75, 3.05) is 51.8 Å². The van der Waals surface area contributed by atoms with Gasteiger partial charge in [0.2, 0.25) is 5.91 Å². The molecule has 0 aromatic heterocycles. The number of nitrogens with one attached hydrogen (secondary N) is 1. The van der Waals surface area contributed by atoms with Gasteiger partial charge in [-0.2, -0.15) is 0 Å². The van der Waals surface area contributed by atoms with Crippen LogP contribution in [0, 0.1) is 6.92 Å². The topological polar surface area (TPSA) is 71.1 Å². The Morgan fingerprint density at radius 1 is 0.967 bits per heavy atom. The van der Waals surface area contributed by atoms with Gasteiger partial charge in [-0.3, -0.25) is 9.59 Å². The summed E-state index contributed by atoms with van der Waals surface area (Å²) in [6, 6.07) is 13.6. The van der Waals surface area contributed by atoms with Crippen LogP contribution in [-0.4, -0.2) is 63.7 Å². The molecule has 0 bridgehead atoms. The molecule has 1 N–H and O–H groups in total. The van der Waals surface area contributed by atoms with E-state index in [1.165, 1.54) is 5.69 Å². The number of hydrogen-bond donors (Lipinski definition) is 1. The fourth-order valence-electron chi connectivity index (χ4n) is 3.61. The summed E-state index contributed by atoms with van der Waals surface area (Å²) in [4.78, 5) is 29.2. The van der Waals surface area contributed by atoms with E-state index < -0.39 is 0 Å². The van der Waals surface area contributed by atoms with E-state index in [1.54, 1.807) is 26.4 Å². The Bertz CT molecular complexity index is 852. The van der Waals surface area contributed by atoms with Crippen LogP contribution in [0.1, 0.15) is 22.3 Å². The molecule has 7 nitrogen and oxygen atoms in total. The van der Waals surface area contributed by atoms with Crippen LogP contribution < -0.4 is 19.7 Å². The third-order valence-corrected chi connectivity index (χ3v) is 5.39. The molecule has 0 aliphatic carbocycles. The maximum absolute atomic E-state index is 12.5. The number of amides is 2. The predicted molar refractivity (Wildman–Crippen MR) is 116 cm³/mol. The Labute approximate surface area is 177 Å². The number of piperazine rings is 1. The molecule has 0 unspecified atom stereocenters. The van der Waals surface area contributed by atoms with Crippen molar-refractivity contribution >= 4 is 17.5 Å². The first kappa shape index (κ1) is 21.5. The maximum atomic E-state index is 12.5. The average Bonchev–Trinajstić information content (AvgIpc) is 2.79. The highest BCUT2D eigenvalue weighted by molar-refractivity contribution is 5.95. The second kappa shape index (κ2) is 10.0. The van der Waals surface area contributed by atoms with Gasteiger partial charge in [0, 0.05) is 56.0 Å². The first-order valence-corrected chi connectivity index (χ1v) is 10.1. The Morgan fingerprint density at radius 3 is 2.13 bits per heavy atom. The highest BCUT2D eigenvalue weighted by Gasteiger charge is 2.21. The Balaban J connectivity index is 1.47. The molecular formula is C23H29N3O4. The molecule has 3 rings (SSSR count). The van der Waals surface area contributed by atoms with Crippen molar-refractivity contribution in [3.05, 3.63) is 53.6 Å². The van der Waals surface area contributed by atoms with Crippen molar-refractivity contribution in [3.8, 4) is 11.5 Å². The lowest BCUT2D eigenvalue weighted by atomic mass is 10.1. The summed E-state index contributed by atoms with van der Waals surface area (Å²) >= 11 is 0. The molecule has 0 saturated carbocycles. The molecule has 1 aliphatic rings. The van der Waals surface area contributed by atoms with Gasteiger partial charge in [-0.15, -0.1) is 0 Å². The average molecular weight is 412 g/mol. The molecule has 30 heavy (non-hydrogen) atoms. The minimum Gasteiger partial charge on any atom is -0.496 e. The van der Waals surface area contributed by atoms with Crippen molar-refractivity contribution in [1.82, 2.24) is 10.2 Å². The van der Waals surface area contributed by atoms with E-state index in [0.29, 0.717) is 30.2 Å². The first-order chi connectivity index (χ1) is 14.5. The van der Waals surface area contributed by atoms with Crippen LogP contribution in [-0.2, 0) is 4.79 Å². The lowest BCUT2D eigenvalue weighted by molar-refractivity contribution is -0.131. The number of benzene rings is 2. The van der Waals surface area contributed by atoms with Crippen molar-refractivity contribution in [2.45, 2.75) is 13.3 Å². The quantitative estimate of drug-likeness (QED) is 0.758. The van der Waals surface area contributed by atoms with Gasteiger partial charge in [0.1, 0.15) is 11.5 Å². The number of methoxy groups -OCH3 is 2. The van der Waals surface area contributed by atoms with Gasteiger partial charge in [-0.25, -0.2) is 0 Å². The van der Waals surface area contributed by atoms with Crippen molar-refractivity contribution in [3.63, 3.8) is 0 Å².